The summed E-state index contributed by atoms with van der Waals surface area (Å²) in [5, 5.41) is 13.3. The second-order valence-electron chi connectivity index (χ2n) is 5.10. The fourth-order valence-electron chi connectivity index (χ4n) is 2.70. The third-order valence-corrected chi connectivity index (χ3v) is 3.77. The predicted molar refractivity (Wildman–Crippen MR) is 69.3 cm³/mol. The van der Waals surface area contributed by atoms with E-state index < -0.39 is 0 Å². The lowest BCUT2D eigenvalue weighted by Gasteiger charge is -2.25. The minimum absolute atomic E-state index is 0.252. The zero-order valence-electron chi connectivity index (χ0n) is 10.7. The Kier molecular flexibility index (Phi) is 3.55. The van der Waals surface area contributed by atoms with Crippen molar-refractivity contribution in [2.24, 2.45) is 5.92 Å². The molecule has 2 aromatic heterocycles. The van der Waals surface area contributed by atoms with Crippen LogP contribution in [0.5, 0.6) is 0 Å². The van der Waals surface area contributed by atoms with Gasteiger partial charge in [0.15, 0.2) is 0 Å². The normalized spacial score (nSPS) is 23.4. The van der Waals surface area contributed by atoms with Crippen molar-refractivity contribution in [3.05, 3.63) is 30.4 Å². The molecule has 0 unspecified atom stereocenters. The Balaban J connectivity index is 1.78. The van der Waals surface area contributed by atoms with Crippen molar-refractivity contribution in [2.45, 2.75) is 31.6 Å². The molecular formula is C14H17N3O2. The molecule has 0 aliphatic heterocycles. The van der Waals surface area contributed by atoms with Crippen LogP contribution in [-0.2, 0) is 0 Å². The summed E-state index contributed by atoms with van der Waals surface area (Å²) in [6, 6.07) is 3.73. The highest BCUT2D eigenvalue weighted by Gasteiger charge is 2.27. The molecule has 3 rings (SSSR count). The average molecular weight is 259 g/mol. The lowest BCUT2D eigenvalue weighted by Crippen LogP contribution is -2.17. The van der Waals surface area contributed by atoms with Gasteiger partial charge in [-0.2, -0.15) is 4.98 Å². The molecule has 2 atom stereocenters. The number of nitrogens with zero attached hydrogens (tertiary/aromatic N) is 3. The molecule has 1 N–H and O–H groups in total. The maximum Gasteiger partial charge on any atom is 0.230 e. The van der Waals surface area contributed by atoms with Crippen molar-refractivity contribution in [3.63, 3.8) is 0 Å². The molecule has 0 radical (unpaired) electrons. The van der Waals surface area contributed by atoms with Gasteiger partial charge in [-0.3, -0.25) is 4.98 Å². The van der Waals surface area contributed by atoms with Crippen LogP contribution in [0.15, 0.2) is 29.0 Å². The van der Waals surface area contributed by atoms with Gasteiger partial charge in [0.2, 0.25) is 11.7 Å². The minimum Gasteiger partial charge on any atom is -0.396 e. The Morgan fingerprint density at radius 3 is 2.89 bits per heavy atom. The van der Waals surface area contributed by atoms with Crippen molar-refractivity contribution in [3.8, 4) is 11.4 Å². The number of aromatic nitrogens is 3. The van der Waals surface area contributed by atoms with Crippen LogP contribution < -0.4 is 0 Å². The monoisotopic (exact) mass is 259 g/mol. The van der Waals surface area contributed by atoms with Crippen LogP contribution in [0.3, 0.4) is 0 Å². The maximum absolute atomic E-state index is 9.27. The molecule has 0 spiro atoms. The van der Waals surface area contributed by atoms with Gasteiger partial charge >= 0.3 is 0 Å². The first kappa shape index (κ1) is 12.3. The van der Waals surface area contributed by atoms with Crippen LogP contribution in [0.25, 0.3) is 11.4 Å². The molecule has 0 aromatic carbocycles. The lowest BCUT2D eigenvalue weighted by atomic mass is 9.82. The molecule has 1 saturated carbocycles. The lowest BCUT2D eigenvalue weighted by molar-refractivity contribution is 0.169. The van der Waals surface area contributed by atoms with E-state index in [4.69, 9.17) is 4.52 Å². The van der Waals surface area contributed by atoms with E-state index >= 15 is 0 Å². The molecule has 0 amide bonds. The first-order valence-corrected chi connectivity index (χ1v) is 6.71. The van der Waals surface area contributed by atoms with Gasteiger partial charge in [-0.25, -0.2) is 0 Å². The molecule has 5 heteroatoms. The van der Waals surface area contributed by atoms with Crippen molar-refractivity contribution >= 4 is 0 Å². The molecule has 1 fully saturated rings. The Hall–Kier alpha value is -1.75. The zero-order chi connectivity index (χ0) is 13.1. The number of hydrogen-bond acceptors (Lipinski definition) is 5. The van der Waals surface area contributed by atoms with Crippen molar-refractivity contribution in [2.75, 3.05) is 6.61 Å². The van der Waals surface area contributed by atoms with Gasteiger partial charge in [-0.1, -0.05) is 11.6 Å². The fraction of sp³-hybridized carbons (Fsp3) is 0.500. The summed E-state index contributed by atoms with van der Waals surface area (Å²) >= 11 is 0. The van der Waals surface area contributed by atoms with E-state index in [-0.39, 0.29) is 12.5 Å². The SMILES string of the molecule is OC[C@@H]1CCC[C@H](c2nc(-c3ccncc3)no2)C1. The fourth-order valence-corrected chi connectivity index (χ4v) is 2.70. The Labute approximate surface area is 111 Å². The molecule has 2 heterocycles. The molecule has 0 bridgehead atoms. The van der Waals surface area contributed by atoms with Gasteiger partial charge < -0.3 is 9.63 Å². The van der Waals surface area contributed by atoms with Gasteiger partial charge in [0.25, 0.3) is 0 Å². The third-order valence-electron chi connectivity index (χ3n) is 3.77. The Bertz CT molecular complexity index is 526. The van der Waals surface area contributed by atoms with Crippen molar-refractivity contribution < 1.29 is 9.63 Å². The van der Waals surface area contributed by atoms with E-state index in [1.807, 2.05) is 12.1 Å². The Morgan fingerprint density at radius 2 is 2.11 bits per heavy atom. The molecule has 100 valence electrons. The summed E-state index contributed by atoms with van der Waals surface area (Å²) in [7, 11) is 0. The molecule has 5 nitrogen and oxygen atoms in total. The first-order chi connectivity index (χ1) is 9.36. The van der Waals surface area contributed by atoms with Gasteiger partial charge in [0.1, 0.15) is 0 Å². The molecule has 1 aliphatic carbocycles. The quantitative estimate of drug-likeness (QED) is 0.916. The number of aliphatic hydroxyl groups is 1. The average Bonchev–Trinajstić information content (AvgIpc) is 2.98. The standard InChI is InChI=1S/C14H17N3O2/c18-9-10-2-1-3-12(8-10)14-16-13(17-19-14)11-4-6-15-7-5-11/h4-7,10,12,18H,1-3,8-9H2/t10-,12+/m1/s1. The number of hydrogen-bond donors (Lipinski definition) is 1. The summed E-state index contributed by atoms with van der Waals surface area (Å²) in [5.41, 5.74) is 0.916. The molecule has 0 saturated heterocycles. The number of pyridine rings is 1. The maximum atomic E-state index is 9.27. The minimum atomic E-state index is 0.252. The highest BCUT2D eigenvalue weighted by atomic mass is 16.5. The van der Waals surface area contributed by atoms with E-state index in [2.05, 4.69) is 15.1 Å². The Morgan fingerprint density at radius 1 is 1.26 bits per heavy atom. The summed E-state index contributed by atoms with van der Waals surface area (Å²) in [6.45, 7) is 0.252. The van der Waals surface area contributed by atoms with Gasteiger partial charge in [-0.15, -0.1) is 0 Å². The smallest absolute Gasteiger partial charge is 0.230 e. The van der Waals surface area contributed by atoms with Crippen LogP contribution in [0.1, 0.15) is 37.5 Å². The second-order valence-corrected chi connectivity index (χ2v) is 5.10. The molecule has 1 aliphatic rings. The van der Waals surface area contributed by atoms with Crippen molar-refractivity contribution in [1.82, 2.24) is 15.1 Å². The van der Waals surface area contributed by atoms with E-state index in [1.54, 1.807) is 12.4 Å². The van der Waals surface area contributed by atoms with E-state index in [9.17, 15) is 5.11 Å². The van der Waals surface area contributed by atoms with E-state index in [0.717, 1.165) is 31.2 Å². The number of rotatable bonds is 3. The molecular weight excluding hydrogens is 242 g/mol. The second kappa shape index (κ2) is 5.48. The summed E-state index contributed by atoms with van der Waals surface area (Å²) < 4.78 is 5.39. The highest BCUT2D eigenvalue weighted by Crippen LogP contribution is 2.35. The van der Waals surface area contributed by atoms with Crippen LogP contribution in [0, 0.1) is 5.92 Å². The van der Waals surface area contributed by atoms with E-state index in [1.165, 1.54) is 0 Å². The highest BCUT2D eigenvalue weighted by molar-refractivity contribution is 5.52. The van der Waals surface area contributed by atoms with Gasteiger partial charge in [-0.05, 0) is 37.3 Å². The summed E-state index contributed by atoms with van der Waals surface area (Å²) in [6.07, 6.45) is 7.64. The summed E-state index contributed by atoms with van der Waals surface area (Å²) in [5.74, 6) is 1.97. The van der Waals surface area contributed by atoms with Crippen LogP contribution in [0.2, 0.25) is 0 Å². The predicted octanol–water partition coefficient (Wildman–Crippen LogP) is 2.40. The number of aliphatic hydroxyl groups excluding tert-OH is 1. The molecule has 19 heavy (non-hydrogen) atoms. The molecule has 2 aromatic rings. The van der Waals surface area contributed by atoms with Crippen molar-refractivity contribution in [1.29, 1.82) is 0 Å². The van der Waals surface area contributed by atoms with Crippen LogP contribution >= 0.6 is 0 Å². The third kappa shape index (κ3) is 2.66. The van der Waals surface area contributed by atoms with Gasteiger partial charge in [0, 0.05) is 30.5 Å². The van der Waals surface area contributed by atoms with Crippen LogP contribution in [0.4, 0.5) is 0 Å². The first-order valence-electron chi connectivity index (χ1n) is 6.71. The largest absolute Gasteiger partial charge is 0.396 e. The topological polar surface area (TPSA) is 72.0 Å². The van der Waals surface area contributed by atoms with Gasteiger partial charge in [0.05, 0.1) is 0 Å². The summed E-state index contributed by atoms with van der Waals surface area (Å²) in [4.78, 5) is 8.46. The van der Waals surface area contributed by atoms with Crippen LogP contribution in [-0.4, -0.2) is 26.8 Å². The zero-order valence-corrected chi connectivity index (χ0v) is 10.7. The van der Waals surface area contributed by atoms with E-state index in [0.29, 0.717) is 17.6 Å².